The van der Waals surface area contributed by atoms with Crippen molar-refractivity contribution in [2.75, 3.05) is 0 Å². The Morgan fingerprint density at radius 3 is 2.85 bits per heavy atom. The normalized spacial score (nSPS) is 29.1. The molecule has 0 aromatic rings. The number of carbonyl (C=O) groups excluding carboxylic acids is 1. The lowest BCUT2D eigenvalue weighted by Crippen LogP contribution is -2.36. The van der Waals surface area contributed by atoms with Gasteiger partial charge in [-0.05, 0) is 31.8 Å². The van der Waals surface area contributed by atoms with Crippen molar-refractivity contribution >= 4 is 5.91 Å². The molecule has 0 heterocycles. The van der Waals surface area contributed by atoms with Crippen molar-refractivity contribution in [3.63, 3.8) is 0 Å². The number of carbonyl (C=O) groups is 1. The number of rotatable bonds is 2. The van der Waals surface area contributed by atoms with E-state index in [-0.39, 0.29) is 5.91 Å². The molecule has 2 unspecified atom stereocenters. The van der Waals surface area contributed by atoms with Gasteiger partial charge in [0.25, 0.3) is 0 Å². The molecule has 2 atom stereocenters. The highest BCUT2D eigenvalue weighted by molar-refractivity contribution is 5.87. The van der Waals surface area contributed by atoms with Gasteiger partial charge in [-0.2, -0.15) is 0 Å². The Kier molecular flexibility index (Phi) is 4.00. The fourth-order valence-corrected chi connectivity index (χ4v) is 1.97. The van der Waals surface area contributed by atoms with Gasteiger partial charge in [0.2, 0.25) is 5.91 Å². The molecule has 1 fully saturated rings. The molecule has 2 nitrogen and oxygen atoms in total. The Morgan fingerprint density at radius 2 is 2.23 bits per heavy atom. The van der Waals surface area contributed by atoms with E-state index >= 15 is 0 Å². The van der Waals surface area contributed by atoms with Crippen LogP contribution < -0.4 is 5.32 Å². The first-order valence-corrected chi connectivity index (χ1v) is 5.15. The number of nitrogens with one attached hydrogen (secondary N) is 1. The van der Waals surface area contributed by atoms with Crippen LogP contribution in [0.3, 0.4) is 0 Å². The van der Waals surface area contributed by atoms with Gasteiger partial charge < -0.3 is 5.32 Å². The minimum absolute atomic E-state index is 0.0570. The van der Waals surface area contributed by atoms with Gasteiger partial charge in [0, 0.05) is 6.04 Å². The highest BCUT2D eigenvalue weighted by Crippen LogP contribution is 2.23. The summed E-state index contributed by atoms with van der Waals surface area (Å²) in [6.45, 7) is 4.12. The summed E-state index contributed by atoms with van der Waals surface area (Å²) in [6.07, 6.45) is 8.23. The van der Waals surface area contributed by atoms with Crippen LogP contribution in [0, 0.1) is 5.92 Å². The third-order valence-corrected chi connectivity index (χ3v) is 2.60. The van der Waals surface area contributed by atoms with E-state index in [0.29, 0.717) is 6.04 Å². The Hall–Kier alpha value is -0.790. The molecular weight excluding hydrogens is 162 g/mol. The Balaban J connectivity index is 2.31. The first-order chi connectivity index (χ1) is 6.22. The standard InChI is InChI=1S/C11H19NO/c1-3-5-11(13)12-10-7-4-6-9(2)8-10/h3,5,9-10H,4,6-8H2,1-2H3,(H,12,13). The van der Waals surface area contributed by atoms with Gasteiger partial charge in [0.15, 0.2) is 0 Å². The van der Waals surface area contributed by atoms with Gasteiger partial charge in [-0.25, -0.2) is 0 Å². The summed E-state index contributed by atoms with van der Waals surface area (Å²) in [5, 5.41) is 3.02. The largest absolute Gasteiger partial charge is 0.350 e. The van der Waals surface area contributed by atoms with E-state index in [0.717, 1.165) is 18.8 Å². The maximum Gasteiger partial charge on any atom is 0.243 e. The summed E-state index contributed by atoms with van der Waals surface area (Å²) in [6, 6.07) is 0.410. The second kappa shape index (κ2) is 5.05. The predicted octanol–water partition coefficient (Wildman–Crippen LogP) is 2.26. The number of hydrogen-bond acceptors (Lipinski definition) is 1. The Bertz CT molecular complexity index is 198. The van der Waals surface area contributed by atoms with E-state index < -0.39 is 0 Å². The van der Waals surface area contributed by atoms with E-state index in [4.69, 9.17) is 0 Å². The summed E-state index contributed by atoms with van der Waals surface area (Å²) in [5.74, 6) is 0.825. The van der Waals surface area contributed by atoms with Crippen LogP contribution in [0.25, 0.3) is 0 Å². The van der Waals surface area contributed by atoms with Gasteiger partial charge in [-0.3, -0.25) is 4.79 Å². The smallest absolute Gasteiger partial charge is 0.243 e. The molecule has 0 aliphatic heterocycles. The number of allylic oxidation sites excluding steroid dienone is 1. The Labute approximate surface area is 80.4 Å². The zero-order valence-corrected chi connectivity index (χ0v) is 8.55. The maximum absolute atomic E-state index is 11.2. The van der Waals surface area contributed by atoms with E-state index in [1.165, 1.54) is 12.8 Å². The second-order valence-corrected chi connectivity index (χ2v) is 3.98. The minimum Gasteiger partial charge on any atom is -0.350 e. The summed E-state index contributed by atoms with van der Waals surface area (Å²) in [5.41, 5.74) is 0. The fraction of sp³-hybridized carbons (Fsp3) is 0.727. The van der Waals surface area contributed by atoms with Crippen molar-refractivity contribution in [2.24, 2.45) is 5.92 Å². The minimum atomic E-state index is 0.0570. The maximum atomic E-state index is 11.2. The lowest BCUT2D eigenvalue weighted by Gasteiger charge is -2.26. The molecule has 1 rings (SSSR count). The zero-order chi connectivity index (χ0) is 9.68. The van der Waals surface area contributed by atoms with Gasteiger partial charge in [0.05, 0.1) is 0 Å². The van der Waals surface area contributed by atoms with E-state index in [9.17, 15) is 4.79 Å². The molecule has 0 aromatic carbocycles. The van der Waals surface area contributed by atoms with Crippen molar-refractivity contribution in [1.29, 1.82) is 0 Å². The van der Waals surface area contributed by atoms with Crippen LogP contribution in [-0.4, -0.2) is 11.9 Å². The molecule has 1 aliphatic rings. The lowest BCUT2D eigenvalue weighted by molar-refractivity contribution is -0.117. The zero-order valence-electron chi connectivity index (χ0n) is 8.55. The third-order valence-electron chi connectivity index (χ3n) is 2.60. The van der Waals surface area contributed by atoms with Crippen LogP contribution in [0.15, 0.2) is 12.2 Å². The summed E-state index contributed by atoms with van der Waals surface area (Å²) >= 11 is 0. The summed E-state index contributed by atoms with van der Waals surface area (Å²) < 4.78 is 0. The highest BCUT2D eigenvalue weighted by atomic mass is 16.1. The Morgan fingerprint density at radius 1 is 1.46 bits per heavy atom. The number of hydrogen-bond donors (Lipinski definition) is 1. The van der Waals surface area contributed by atoms with Gasteiger partial charge in [-0.15, -0.1) is 0 Å². The van der Waals surface area contributed by atoms with Gasteiger partial charge >= 0.3 is 0 Å². The van der Waals surface area contributed by atoms with Crippen molar-refractivity contribution in [3.8, 4) is 0 Å². The molecule has 0 saturated heterocycles. The van der Waals surface area contributed by atoms with E-state index in [1.54, 1.807) is 12.2 Å². The average Bonchev–Trinajstić information content (AvgIpc) is 2.04. The molecular formula is C11H19NO. The molecule has 0 radical (unpaired) electrons. The van der Waals surface area contributed by atoms with Crippen LogP contribution >= 0.6 is 0 Å². The molecule has 0 bridgehead atoms. The molecule has 74 valence electrons. The summed E-state index contributed by atoms with van der Waals surface area (Å²) in [4.78, 5) is 11.2. The SMILES string of the molecule is CC=CC(=O)NC1CCCC(C)C1. The van der Waals surface area contributed by atoms with Crippen molar-refractivity contribution in [1.82, 2.24) is 5.32 Å². The van der Waals surface area contributed by atoms with Crippen LogP contribution in [0.5, 0.6) is 0 Å². The molecule has 1 N–H and O–H groups in total. The average molecular weight is 181 g/mol. The monoisotopic (exact) mass is 181 g/mol. The van der Waals surface area contributed by atoms with Gasteiger partial charge in [-0.1, -0.05) is 25.8 Å². The van der Waals surface area contributed by atoms with E-state index in [1.807, 2.05) is 6.92 Å². The fourth-order valence-electron chi connectivity index (χ4n) is 1.97. The van der Waals surface area contributed by atoms with Crippen LogP contribution in [0.1, 0.15) is 39.5 Å². The second-order valence-electron chi connectivity index (χ2n) is 3.98. The molecule has 0 spiro atoms. The van der Waals surface area contributed by atoms with Crippen molar-refractivity contribution < 1.29 is 4.79 Å². The van der Waals surface area contributed by atoms with Crippen LogP contribution in [-0.2, 0) is 4.79 Å². The topological polar surface area (TPSA) is 29.1 Å². The molecule has 1 saturated carbocycles. The van der Waals surface area contributed by atoms with E-state index in [2.05, 4.69) is 12.2 Å². The number of amides is 1. The molecule has 0 aromatic heterocycles. The van der Waals surface area contributed by atoms with Crippen LogP contribution in [0.2, 0.25) is 0 Å². The first-order valence-electron chi connectivity index (χ1n) is 5.15. The quantitative estimate of drug-likeness (QED) is 0.650. The molecule has 1 aliphatic carbocycles. The molecule has 1 amide bonds. The third kappa shape index (κ3) is 3.62. The van der Waals surface area contributed by atoms with Gasteiger partial charge in [0.1, 0.15) is 0 Å². The van der Waals surface area contributed by atoms with Crippen molar-refractivity contribution in [2.45, 2.75) is 45.6 Å². The first kappa shape index (κ1) is 10.3. The molecule has 2 heteroatoms. The lowest BCUT2D eigenvalue weighted by atomic mass is 9.87. The predicted molar refractivity (Wildman–Crippen MR) is 54.4 cm³/mol. The van der Waals surface area contributed by atoms with Crippen molar-refractivity contribution in [3.05, 3.63) is 12.2 Å². The van der Waals surface area contributed by atoms with Crippen LogP contribution in [0.4, 0.5) is 0 Å². The molecule has 13 heavy (non-hydrogen) atoms. The summed E-state index contributed by atoms with van der Waals surface area (Å²) in [7, 11) is 0. The highest BCUT2D eigenvalue weighted by Gasteiger charge is 2.19.